The number of alkyl halides is 1. The van der Waals surface area contributed by atoms with E-state index in [4.69, 9.17) is 14.2 Å². The fraction of sp³-hybridized carbons (Fsp3) is 0.375. The van der Waals surface area contributed by atoms with Crippen LogP contribution < -0.4 is 4.74 Å². The number of hydrogen-bond donors (Lipinski definition) is 0. The number of carbonyl (C=O) groups is 2. The highest BCUT2D eigenvalue weighted by atomic mass is 79.9. The van der Waals surface area contributed by atoms with Gasteiger partial charge in [-0.05, 0) is 23.8 Å². The number of benzene rings is 1. The maximum atomic E-state index is 11.7. The first-order chi connectivity index (χ1) is 10.6. The molecule has 6 heteroatoms. The third-order valence-corrected chi connectivity index (χ3v) is 3.70. The van der Waals surface area contributed by atoms with Gasteiger partial charge in [0.05, 0.1) is 19.8 Å². The summed E-state index contributed by atoms with van der Waals surface area (Å²) >= 11 is 3.00. The van der Waals surface area contributed by atoms with Gasteiger partial charge >= 0.3 is 5.97 Å². The number of ether oxygens (including phenoxy) is 3. The number of carbonyl (C=O) groups excluding carboxylic acids is 2. The van der Waals surface area contributed by atoms with E-state index in [1.165, 1.54) is 6.08 Å². The van der Waals surface area contributed by atoms with E-state index in [2.05, 4.69) is 15.9 Å². The second-order valence-corrected chi connectivity index (χ2v) is 5.37. The van der Waals surface area contributed by atoms with Crippen molar-refractivity contribution >= 4 is 27.7 Å². The summed E-state index contributed by atoms with van der Waals surface area (Å²) in [5, 5.41) is 0.0673. The normalized spacial score (nSPS) is 20.7. The van der Waals surface area contributed by atoms with Crippen LogP contribution in [0.1, 0.15) is 12.0 Å². The molecule has 0 fully saturated rings. The van der Waals surface area contributed by atoms with Gasteiger partial charge in [-0.2, -0.15) is 0 Å². The van der Waals surface area contributed by atoms with Crippen molar-refractivity contribution in [1.82, 2.24) is 0 Å². The van der Waals surface area contributed by atoms with Crippen molar-refractivity contribution in [2.24, 2.45) is 0 Å². The second kappa shape index (κ2) is 8.10. The van der Waals surface area contributed by atoms with Crippen LogP contribution in [0.15, 0.2) is 36.4 Å². The molecule has 0 radical (unpaired) electrons. The lowest BCUT2D eigenvalue weighted by molar-refractivity contribution is -0.153. The lowest BCUT2D eigenvalue weighted by Crippen LogP contribution is -2.34. The molecular weight excluding hydrogens is 352 g/mol. The molecule has 0 heterocycles. The van der Waals surface area contributed by atoms with Crippen LogP contribution in [0.5, 0.6) is 5.75 Å². The van der Waals surface area contributed by atoms with Gasteiger partial charge in [-0.3, -0.25) is 9.59 Å². The van der Waals surface area contributed by atoms with Crippen LogP contribution in [0.4, 0.5) is 0 Å². The molecule has 1 aliphatic rings. The molecule has 1 aromatic carbocycles. The predicted molar refractivity (Wildman–Crippen MR) is 84.0 cm³/mol. The van der Waals surface area contributed by atoms with E-state index >= 15 is 0 Å². The number of ketones is 1. The third-order valence-electron chi connectivity index (χ3n) is 3.24. The monoisotopic (exact) mass is 368 g/mol. The number of rotatable bonds is 6. The van der Waals surface area contributed by atoms with Gasteiger partial charge in [-0.25, -0.2) is 0 Å². The first-order valence-electron chi connectivity index (χ1n) is 6.84. The molecule has 5 nitrogen and oxygen atoms in total. The lowest BCUT2D eigenvalue weighted by atomic mass is 10.0. The van der Waals surface area contributed by atoms with E-state index in [1.54, 1.807) is 13.2 Å². The molecule has 2 rings (SSSR count). The topological polar surface area (TPSA) is 61.8 Å². The van der Waals surface area contributed by atoms with Gasteiger partial charge in [0.1, 0.15) is 11.1 Å². The average Bonchev–Trinajstić information content (AvgIpc) is 2.55. The number of halogens is 1. The maximum absolute atomic E-state index is 11.7. The molecule has 0 spiro atoms. The van der Waals surface area contributed by atoms with E-state index in [1.807, 2.05) is 24.3 Å². The van der Waals surface area contributed by atoms with Crippen LogP contribution in [0.25, 0.3) is 0 Å². The fourth-order valence-corrected chi connectivity index (χ4v) is 2.19. The van der Waals surface area contributed by atoms with Crippen molar-refractivity contribution in [1.29, 1.82) is 0 Å². The molecule has 0 aromatic heterocycles. The van der Waals surface area contributed by atoms with Crippen molar-refractivity contribution < 1.29 is 23.8 Å². The Hall–Kier alpha value is -1.66. The SMILES string of the molecule is COc1ccc(CO[C@@H]2C=CC(=O)[C@H](OC(=O)CBr)C2)cc1. The van der Waals surface area contributed by atoms with Crippen LogP contribution >= 0.6 is 15.9 Å². The Morgan fingerprint density at radius 1 is 1.32 bits per heavy atom. The van der Waals surface area contributed by atoms with Gasteiger partial charge in [-0.1, -0.05) is 34.1 Å². The molecular formula is C16H17BrO5. The smallest absolute Gasteiger partial charge is 0.317 e. The molecule has 0 amide bonds. The fourth-order valence-electron chi connectivity index (χ4n) is 2.06. The summed E-state index contributed by atoms with van der Waals surface area (Å²) < 4.78 is 15.9. The Bertz CT molecular complexity index is 552. The molecule has 0 saturated heterocycles. The first kappa shape index (κ1) is 16.7. The number of esters is 1. The maximum Gasteiger partial charge on any atom is 0.317 e. The molecule has 1 aromatic rings. The molecule has 22 heavy (non-hydrogen) atoms. The number of hydrogen-bond acceptors (Lipinski definition) is 5. The highest BCUT2D eigenvalue weighted by Crippen LogP contribution is 2.18. The Labute approximate surface area is 137 Å². The highest BCUT2D eigenvalue weighted by Gasteiger charge is 2.28. The largest absolute Gasteiger partial charge is 0.497 e. The minimum atomic E-state index is -0.768. The third kappa shape index (κ3) is 4.68. The molecule has 0 N–H and O–H groups in total. The Kier molecular flexibility index (Phi) is 6.15. The Morgan fingerprint density at radius 2 is 2.05 bits per heavy atom. The summed E-state index contributed by atoms with van der Waals surface area (Å²) in [7, 11) is 1.61. The molecule has 0 bridgehead atoms. The van der Waals surface area contributed by atoms with E-state index in [-0.39, 0.29) is 17.2 Å². The predicted octanol–water partition coefficient (Wildman–Crippen LogP) is 2.42. The zero-order valence-electron chi connectivity index (χ0n) is 12.2. The van der Waals surface area contributed by atoms with Crippen LogP contribution in [0.3, 0.4) is 0 Å². The molecule has 1 aliphatic carbocycles. The zero-order valence-corrected chi connectivity index (χ0v) is 13.7. The van der Waals surface area contributed by atoms with Crippen molar-refractivity contribution in [3.8, 4) is 5.75 Å². The van der Waals surface area contributed by atoms with Gasteiger partial charge in [0, 0.05) is 6.42 Å². The van der Waals surface area contributed by atoms with Crippen molar-refractivity contribution in [3.63, 3.8) is 0 Å². The van der Waals surface area contributed by atoms with Crippen molar-refractivity contribution in [3.05, 3.63) is 42.0 Å². The summed E-state index contributed by atoms with van der Waals surface area (Å²) in [6.45, 7) is 0.409. The van der Waals surface area contributed by atoms with Crippen LogP contribution in [-0.4, -0.2) is 36.4 Å². The van der Waals surface area contributed by atoms with Gasteiger partial charge in [0.15, 0.2) is 11.9 Å². The Morgan fingerprint density at radius 3 is 2.68 bits per heavy atom. The van der Waals surface area contributed by atoms with Gasteiger partial charge in [0.25, 0.3) is 0 Å². The molecule has 0 aliphatic heterocycles. The van der Waals surface area contributed by atoms with Crippen molar-refractivity contribution in [2.75, 3.05) is 12.4 Å². The quantitative estimate of drug-likeness (QED) is 0.569. The second-order valence-electron chi connectivity index (χ2n) is 4.81. The van der Waals surface area contributed by atoms with E-state index in [0.29, 0.717) is 13.0 Å². The van der Waals surface area contributed by atoms with Gasteiger partial charge < -0.3 is 14.2 Å². The first-order valence-corrected chi connectivity index (χ1v) is 7.96. The molecule has 118 valence electrons. The number of methoxy groups -OCH3 is 1. The van der Waals surface area contributed by atoms with Crippen LogP contribution in [0.2, 0.25) is 0 Å². The summed E-state index contributed by atoms with van der Waals surface area (Å²) in [6.07, 6.45) is 2.42. The van der Waals surface area contributed by atoms with E-state index in [0.717, 1.165) is 11.3 Å². The van der Waals surface area contributed by atoms with Gasteiger partial charge in [-0.15, -0.1) is 0 Å². The van der Waals surface area contributed by atoms with Crippen LogP contribution in [-0.2, 0) is 25.7 Å². The Balaban J connectivity index is 1.88. The summed E-state index contributed by atoms with van der Waals surface area (Å²) in [5.74, 6) is 0.120. The summed E-state index contributed by atoms with van der Waals surface area (Å²) in [6, 6.07) is 7.55. The van der Waals surface area contributed by atoms with E-state index in [9.17, 15) is 9.59 Å². The highest BCUT2D eigenvalue weighted by molar-refractivity contribution is 9.09. The standard InChI is InChI=1S/C16H17BrO5/c1-20-12-4-2-11(3-5-12)10-21-13-6-7-14(18)15(8-13)22-16(19)9-17/h2-7,13,15H,8-10H2,1H3/t13-,15-/m1/s1. The van der Waals surface area contributed by atoms with Gasteiger partial charge in [0.2, 0.25) is 0 Å². The van der Waals surface area contributed by atoms with Crippen LogP contribution in [0, 0.1) is 0 Å². The molecule has 0 unspecified atom stereocenters. The summed E-state index contributed by atoms with van der Waals surface area (Å²) in [4.78, 5) is 23.0. The van der Waals surface area contributed by atoms with Crippen molar-refractivity contribution in [2.45, 2.75) is 25.2 Å². The van der Waals surface area contributed by atoms with E-state index < -0.39 is 12.1 Å². The molecule has 2 atom stereocenters. The zero-order chi connectivity index (χ0) is 15.9. The summed E-state index contributed by atoms with van der Waals surface area (Å²) in [5.41, 5.74) is 1.00. The minimum Gasteiger partial charge on any atom is -0.497 e. The minimum absolute atomic E-state index is 0.0673. The lowest BCUT2D eigenvalue weighted by Gasteiger charge is -2.23. The average molecular weight is 369 g/mol. The molecule has 0 saturated carbocycles.